The second-order valence-corrected chi connectivity index (χ2v) is 8.14. The third-order valence-electron chi connectivity index (χ3n) is 5.67. The molecule has 0 unspecified atom stereocenters. The van der Waals surface area contributed by atoms with Crippen molar-refractivity contribution >= 4 is 17.8 Å². The number of aliphatic hydroxyl groups is 3. The normalized spacial score (nSPS) is 23.4. The van der Waals surface area contributed by atoms with E-state index in [1.807, 2.05) is 0 Å². The van der Waals surface area contributed by atoms with E-state index in [4.69, 9.17) is 28.4 Å². The second-order valence-electron chi connectivity index (χ2n) is 8.14. The van der Waals surface area contributed by atoms with Crippen molar-refractivity contribution in [2.75, 3.05) is 27.9 Å². The Morgan fingerprint density at radius 2 is 1.54 bits per heavy atom. The van der Waals surface area contributed by atoms with E-state index in [-0.39, 0.29) is 11.5 Å². The first-order valence-corrected chi connectivity index (χ1v) is 11.3. The number of carbonyl (C=O) groups is 2. The maximum atomic E-state index is 12.3. The average Bonchev–Trinajstić information content (AvgIpc) is 2.90. The largest absolute Gasteiger partial charge is 0.493 e. The third-order valence-corrected chi connectivity index (χ3v) is 5.67. The van der Waals surface area contributed by atoms with Crippen LogP contribution in [0.3, 0.4) is 0 Å². The Morgan fingerprint density at radius 3 is 2.08 bits per heavy atom. The quantitative estimate of drug-likeness (QED) is 0.238. The molecule has 2 aromatic carbocycles. The number of aliphatic hydroxyl groups excluding tert-OH is 3. The van der Waals surface area contributed by atoms with Crippen molar-refractivity contribution in [3.63, 3.8) is 0 Å². The van der Waals surface area contributed by atoms with Crippen molar-refractivity contribution in [2.45, 2.75) is 37.6 Å². The van der Waals surface area contributed by atoms with Crippen molar-refractivity contribution in [3.8, 4) is 23.0 Å². The van der Waals surface area contributed by atoms with Crippen LogP contribution in [0.5, 0.6) is 23.0 Å². The minimum Gasteiger partial charge on any atom is -0.493 e. The number of methoxy groups -OCH3 is 3. The highest BCUT2D eigenvalue weighted by molar-refractivity contribution is 5.94. The maximum absolute atomic E-state index is 12.3. The Morgan fingerprint density at radius 1 is 0.919 bits per heavy atom. The number of carbonyl (C=O) groups excluding carboxylic acids is 2. The first-order chi connectivity index (χ1) is 17.7. The fourth-order valence-corrected chi connectivity index (χ4v) is 3.63. The van der Waals surface area contributed by atoms with Gasteiger partial charge in [0.25, 0.3) is 0 Å². The Balaban J connectivity index is 1.63. The lowest BCUT2D eigenvalue weighted by molar-refractivity contribution is -0.278. The van der Waals surface area contributed by atoms with Crippen LogP contribution in [-0.2, 0) is 14.3 Å². The van der Waals surface area contributed by atoms with Crippen LogP contribution < -0.4 is 18.9 Å². The lowest BCUT2D eigenvalue weighted by atomic mass is 9.99. The van der Waals surface area contributed by atoms with E-state index in [9.17, 15) is 24.9 Å². The van der Waals surface area contributed by atoms with Gasteiger partial charge in [-0.3, -0.25) is 4.79 Å². The molecule has 11 heteroatoms. The fraction of sp³-hybridized carbons (Fsp3) is 0.385. The van der Waals surface area contributed by atoms with Gasteiger partial charge in [-0.1, -0.05) is 0 Å². The van der Waals surface area contributed by atoms with E-state index in [0.717, 1.165) is 6.08 Å². The van der Waals surface area contributed by atoms with Gasteiger partial charge in [0.15, 0.2) is 17.3 Å². The lowest BCUT2D eigenvalue weighted by Crippen LogP contribution is -2.60. The van der Waals surface area contributed by atoms with E-state index in [1.54, 1.807) is 12.1 Å². The molecule has 37 heavy (non-hydrogen) atoms. The molecule has 3 N–H and O–H groups in total. The van der Waals surface area contributed by atoms with Gasteiger partial charge in [0.1, 0.15) is 36.8 Å². The van der Waals surface area contributed by atoms with Gasteiger partial charge in [-0.05, 0) is 55.0 Å². The summed E-state index contributed by atoms with van der Waals surface area (Å²) in [6, 6.07) is 9.37. The summed E-state index contributed by atoms with van der Waals surface area (Å²) in [5, 5.41) is 30.8. The van der Waals surface area contributed by atoms with Gasteiger partial charge in [0, 0.05) is 11.6 Å². The maximum Gasteiger partial charge on any atom is 0.330 e. The number of ether oxygens (including phenoxy) is 6. The summed E-state index contributed by atoms with van der Waals surface area (Å²) >= 11 is 0. The molecule has 1 saturated heterocycles. The molecular formula is C26H30O11. The lowest BCUT2D eigenvalue weighted by Gasteiger charge is -2.39. The highest BCUT2D eigenvalue weighted by atomic mass is 16.7. The summed E-state index contributed by atoms with van der Waals surface area (Å²) in [7, 11) is 4.42. The number of benzene rings is 2. The molecule has 200 valence electrons. The molecular weight excluding hydrogens is 488 g/mol. The second kappa shape index (κ2) is 12.5. The molecule has 0 saturated carbocycles. The summed E-state index contributed by atoms with van der Waals surface area (Å²) in [5.41, 5.74) is 1.04. The predicted molar refractivity (Wildman–Crippen MR) is 130 cm³/mol. The van der Waals surface area contributed by atoms with E-state index < -0.39 is 43.3 Å². The minimum absolute atomic E-state index is 0.125. The first-order valence-electron chi connectivity index (χ1n) is 11.3. The van der Waals surface area contributed by atoms with Crippen LogP contribution in [-0.4, -0.2) is 85.7 Å². The zero-order valence-electron chi connectivity index (χ0n) is 20.8. The zero-order valence-corrected chi connectivity index (χ0v) is 20.8. The minimum atomic E-state index is -1.62. The topological polar surface area (TPSA) is 150 Å². The van der Waals surface area contributed by atoms with Gasteiger partial charge >= 0.3 is 5.97 Å². The summed E-state index contributed by atoms with van der Waals surface area (Å²) in [4.78, 5) is 23.7. The Hall–Kier alpha value is -3.64. The van der Waals surface area contributed by atoms with Crippen molar-refractivity contribution < 1.29 is 53.3 Å². The molecule has 0 aromatic heterocycles. The highest BCUT2D eigenvalue weighted by Crippen LogP contribution is 2.38. The molecule has 0 aliphatic carbocycles. The number of rotatable bonds is 10. The first kappa shape index (κ1) is 27.9. The monoisotopic (exact) mass is 518 g/mol. The van der Waals surface area contributed by atoms with E-state index in [2.05, 4.69) is 0 Å². The van der Waals surface area contributed by atoms with Crippen molar-refractivity contribution in [1.29, 1.82) is 0 Å². The van der Waals surface area contributed by atoms with Crippen LogP contribution in [0.4, 0.5) is 0 Å². The van der Waals surface area contributed by atoms with Gasteiger partial charge in [-0.2, -0.15) is 0 Å². The van der Waals surface area contributed by atoms with Gasteiger partial charge < -0.3 is 43.7 Å². The summed E-state index contributed by atoms with van der Waals surface area (Å²) in [5.74, 6) is 0.607. The average molecular weight is 519 g/mol. The standard InChI is InChI=1S/C26H30O11/c1-14(27)16-6-8-17(9-7-16)36-26-24(31)23(30)22(29)20(37-26)13-35-21(28)10-5-15-11-18(32-2)25(34-4)19(12-15)33-3/h5-12,20,22-24,26,29-31H,13H2,1-4H3/b10-5+/t20-,22-,23+,24-,26-/m1/s1. The Bertz CT molecular complexity index is 1090. The molecule has 1 aliphatic heterocycles. The van der Waals surface area contributed by atoms with Crippen molar-refractivity contribution in [3.05, 3.63) is 53.6 Å². The zero-order chi connectivity index (χ0) is 27.1. The molecule has 1 fully saturated rings. The number of ketones is 1. The number of hydrogen-bond acceptors (Lipinski definition) is 11. The summed E-state index contributed by atoms with van der Waals surface area (Å²) in [6.07, 6.45) is -4.64. The summed E-state index contributed by atoms with van der Waals surface area (Å²) < 4.78 is 32.2. The fourth-order valence-electron chi connectivity index (χ4n) is 3.63. The molecule has 0 radical (unpaired) electrons. The molecule has 1 heterocycles. The van der Waals surface area contributed by atoms with Crippen LogP contribution >= 0.6 is 0 Å². The van der Waals surface area contributed by atoms with Gasteiger partial charge in [0.2, 0.25) is 12.0 Å². The number of Topliss-reactive ketones (excluding diaryl/α,β-unsaturated/α-hetero) is 1. The van der Waals surface area contributed by atoms with Crippen LogP contribution in [0, 0.1) is 0 Å². The molecule has 0 amide bonds. The molecule has 11 nitrogen and oxygen atoms in total. The van der Waals surface area contributed by atoms with Crippen molar-refractivity contribution in [2.24, 2.45) is 0 Å². The Labute approximate surface area is 213 Å². The van der Waals surface area contributed by atoms with E-state index >= 15 is 0 Å². The van der Waals surface area contributed by atoms with Crippen LogP contribution in [0.15, 0.2) is 42.5 Å². The van der Waals surface area contributed by atoms with Gasteiger partial charge in [-0.25, -0.2) is 4.79 Å². The molecule has 5 atom stereocenters. The SMILES string of the molecule is COc1cc(/C=C/C(=O)OC[C@H]2O[C@@H](Oc3ccc(C(C)=O)cc3)[C@H](O)[C@@H](O)[C@@H]2O)cc(OC)c1OC. The van der Waals surface area contributed by atoms with Gasteiger partial charge in [0.05, 0.1) is 21.3 Å². The highest BCUT2D eigenvalue weighted by Gasteiger charge is 2.45. The third kappa shape index (κ3) is 6.77. The van der Waals surface area contributed by atoms with Crippen LogP contribution in [0.2, 0.25) is 0 Å². The Kier molecular flexibility index (Phi) is 9.48. The van der Waals surface area contributed by atoms with Crippen LogP contribution in [0.1, 0.15) is 22.8 Å². The molecule has 0 spiro atoms. The molecule has 0 bridgehead atoms. The molecule has 2 aromatic rings. The number of hydrogen-bond donors (Lipinski definition) is 3. The smallest absolute Gasteiger partial charge is 0.330 e. The molecule has 1 aliphatic rings. The summed E-state index contributed by atoms with van der Waals surface area (Å²) in [6.45, 7) is 1.000. The predicted octanol–water partition coefficient (Wildman–Crippen LogP) is 1.36. The van der Waals surface area contributed by atoms with Gasteiger partial charge in [-0.15, -0.1) is 0 Å². The van der Waals surface area contributed by atoms with E-state index in [1.165, 1.54) is 58.6 Å². The number of esters is 1. The molecule has 3 rings (SSSR count). The van der Waals surface area contributed by atoms with Crippen LogP contribution in [0.25, 0.3) is 6.08 Å². The van der Waals surface area contributed by atoms with E-state index in [0.29, 0.717) is 28.4 Å². The van der Waals surface area contributed by atoms with Crippen molar-refractivity contribution in [1.82, 2.24) is 0 Å².